The van der Waals surface area contributed by atoms with Crippen LogP contribution in [0.15, 0.2) is 30.3 Å². The standard InChI is InChI=1S/C17H24N2O4/c20-13-9-18-15-7-6-14(23-16(15)11-22-10-13)8-17(21)19-12-4-2-1-3-5-12/h1-5,13-16,18,20H,6-11H2,(H,19,21)/t13-,14+,15+,16-/m0/s1. The zero-order valence-corrected chi connectivity index (χ0v) is 13.1. The highest BCUT2D eigenvalue weighted by molar-refractivity contribution is 5.90. The number of carbonyl (C=O) groups is 1. The highest BCUT2D eigenvalue weighted by atomic mass is 16.5. The molecular formula is C17H24N2O4. The maximum atomic E-state index is 12.1. The Morgan fingerprint density at radius 1 is 1.26 bits per heavy atom. The van der Waals surface area contributed by atoms with Crippen LogP contribution in [0.25, 0.3) is 0 Å². The quantitative estimate of drug-likeness (QED) is 0.771. The van der Waals surface area contributed by atoms with E-state index >= 15 is 0 Å². The van der Waals surface area contributed by atoms with E-state index in [1.165, 1.54) is 0 Å². The number of rotatable bonds is 3. The summed E-state index contributed by atoms with van der Waals surface area (Å²) in [7, 11) is 0. The van der Waals surface area contributed by atoms with Gasteiger partial charge in [-0.2, -0.15) is 0 Å². The Hall–Kier alpha value is -1.47. The minimum absolute atomic E-state index is 0.0326. The number of para-hydroxylation sites is 1. The Balaban J connectivity index is 1.49. The minimum atomic E-state index is -0.467. The lowest BCUT2D eigenvalue weighted by atomic mass is 9.96. The summed E-state index contributed by atoms with van der Waals surface area (Å²) >= 11 is 0. The first-order chi connectivity index (χ1) is 11.2. The molecule has 1 aromatic carbocycles. The van der Waals surface area contributed by atoms with Crippen molar-refractivity contribution in [1.82, 2.24) is 5.32 Å². The second-order valence-electron chi connectivity index (χ2n) is 6.20. The fourth-order valence-corrected chi connectivity index (χ4v) is 3.11. The molecular weight excluding hydrogens is 296 g/mol. The van der Waals surface area contributed by atoms with Crippen molar-refractivity contribution in [2.24, 2.45) is 0 Å². The van der Waals surface area contributed by atoms with Gasteiger partial charge in [-0.15, -0.1) is 0 Å². The van der Waals surface area contributed by atoms with Gasteiger partial charge in [0.1, 0.15) is 0 Å². The summed E-state index contributed by atoms with van der Waals surface area (Å²) in [6, 6.07) is 9.62. The number of carbonyl (C=O) groups excluding carboxylic acids is 1. The molecule has 1 aromatic rings. The van der Waals surface area contributed by atoms with Crippen LogP contribution < -0.4 is 10.6 Å². The lowest BCUT2D eigenvalue weighted by Gasteiger charge is -2.38. The summed E-state index contributed by atoms with van der Waals surface area (Å²) in [5.41, 5.74) is 0.802. The molecule has 0 spiro atoms. The van der Waals surface area contributed by atoms with E-state index in [1.54, 1.807) is 0 Å². The molecule has 6 heteroatoms. The summed E-state index contributed by atoms with van der Waals surface area (Å²) < 4.78 is 11.5. The van der Waals surface area contributed by atoms with Crippen molar-refractivity contribution in [2.75, 3.05) is 25.1 Å². The van der Waals surface area contributed by atoms with Crippen molar-refractivity contribution >= 4 is 11.6 Å². The van der Waals surface area contributed by atoms with E-state index in [4.69, 9.17) is 9.47 Å². The summed E-state index contributed by atoms with van der Waals surface area (Å²) in [5, 5.41) is 15.9. The van der Waals surface area contributed by atoms with Crippen LogP contribution >= 0.6 is 0 Å². The Morgan fingerprint density at radius 3 is 2.91 bits per heavy atom. The van der Waals surface area contributed by atoms with Gasteiger partial charge in [-0.1, -0.05) is 18.2 Å². The summed E-state index contributed by atoms with van der Waals surface area (Å²) in [4.78, 5) is 12.1. The summed E-state index contributed by atoms with van der Waals surface area (Å²) in [5.74, 6) is -0.0326. The third kappa shape index (κ3) is 4.75. The van der Waals surface area contributed by atoms with E-state index in [9.17, 15) is 9.90 Å². The third-order valence-electron chi connectivity index (χ3n) is 4.29. The van der Waals surface area contributed by atoms with Gasteiger partial charge in [0.25, 0.3) is 0 Å². The molecule has 23 heavy (non-hydrogen) atoms. The first-order valence-electron chi connectivity index (χ1n) is 8.20. The molecule has 2 heterocycles. The average Bonchev–Trinajstić information content (AvgIpc) is 2.53. The number of amides is 1. The number of ether oxygens (including phenoxy) is 2. The van der Waals surface area contributed by atoms with Crippen molar-refractivity contribution in [3.8, 4) is 0 Å². The maximum Gasteiger partial charge on any atom is 0.226 e. The number of aliphatic hydroxyl groups excluding tert-OH is 1. The van der Waals surface area contributed by atoms with Crippen molar-refractivity contribution in [3.63, 3.8) is 0 Å². The normalized spacial score (nSPS) is 31.5. The first-order valence-corrected chi connectivity index (χ1v) is 8.20. The number of aliphatic hydroxyl groups is 1. The monoisotopic (exact) mass is 320 g/mol. The van der Waals surface area contributed by atoms with E-state index in [2.05, 4.69) is 10.6 Å². The predicted molar refractivity (Wildman–Crippen MR) is 86.2 cm³/mol. The fourth-order valence-electron chi connectivity index (χ4n) is 3.11. The van der Waals surface area contributed by atoms with Crippen LogP contribution in [0.2, 0.25) is 0 Å². The van der Waals surface area contributed by atoms with E-state index in [0.717, 1.165) is 18.5 Å². The van der Waals surface area contributed by atoms with E-state index in [-0.39, 0.29) is 24.2 Å². The molecule has 2 aliphatic rings. The molecule has 3 N–H and O–H groups in total. The molecule has 6 nitrogen and oxygen atoms in total. The second kappa shape index (κ2) is 7.88. The Morgan fingerprint density at radius 2 is 2.09 bits per heavy atom. The Kier molecular flexibility index (Phi) is 5.61. The highest BCUT2D eigenvalue weighted by Crippen LogP contribution is 2.23. The molecule has 0 aromatic heterocycles. The first kappa shape index (κ1) is 16.4. The molecule has 0 radical (unpaired) electrons. The van der Waals surface area contributed by atoms with Gasteiger partial charge in [-0.25, -0.2) is 0 Å². The van der Waals surface area contributed by atoms with Gasteiger partial charge in [0.15, 0.2) is 0 Å². The van der Waals surface area contributed by atoms with Crippen molar-refractivity contribution < 1.29 is 19.4 Å². The summed E-state index contributed by atoms with van der Waals surface area (Å²) in [6.45, 7) is 1.29. The topological polar surface area (TPSA) is 79.8 Å². The van der Waals surface area contributed by atoms with Crippen LogP contribution in [0.1, 0.15) is 19.3 Å². The van der Waals surface area contributed by atoms with Gasteiger partial charge in [0.2, 0.25) is 5.91 Å². The number of nitrogens with one attached hydrogen (secondary N) is 2. The van der Waals surface area contributed by atoms with Gasteiger partial charge in [-0.3, -0.25) is 4.79 Å². The van der Waals surface area contributed by atoms with Crippen molar-refractivity contribution in [3.05, 3.63) is 30.3 Å². The molecule has 4 atom stereocenters. The van der Waals surface area contributed by atoms with E-state index < -0.39 is 6.10 Å². The van der Waals surface area contributed by atoms with Crippen LogP contribution in [0.5, 0.6) is 0 Å². The van der Waals surface area contributed by atoms with Gasteiger partial charge in [0, 0.05) is 18.3 Å². The van der Waals surface area contributed by atoms with Crippen LogP contribution in [-0.4, -0.2) is 55.1 Å². The molecule has 1 amide bonds. The minimum Gasteiger partial charge on any atom is -0.389 e. The van der Waals surface area contributed by atoms with Crippen LogP contribution in [0.4, 0.5) is 5.69 Å². The molecule has 2 aliphatic heterocycles. The largest absolute Gasteiger partial charge is 0.389 e. The van der Waals surface area contributed by atoms with Gasteiger partial charge in [-0.05, 0) is 25.0 Å². The molecule has 126 valence electrons. The zero-order chi connectivity index (χ0) is 16.1. The van der Waals surface area contributed by atoms with Crippen LogP contribution in [0.3, 0.4) is 0 Å². The van der Waals surface area contributed by atoms with Crippen LogP contribution in [-0.2, 0) is 14.3 Å². The predicted octanol–water partition coefficient (Wildman–Crippen LogP) is 0.912. The van der Waals surface area contributed by atoms with Gasteiger partial charge >= 0.3 is 0 Å². The number of hydrogen-bond acceptors (Lipinski definition) is 5. The molecule has 3 rings (SSSR count). The van der Waals surface area contributed by atoms with Crippen molar-refractivity contribution in [1.29, 1.82) is 0 Å². The smallest absolute Gasteiger partial charge is 0.226 e. The molecule has 2 saturated heterocycles. The third-order valence-corrected chi connectivity index (χ3v) is 4.29. The lowest BCUT2D eigenvalue weighted by molar-refractivity contribution is -0.134. The lowest BCUT2D eigenvalue weighted by Crippen LogP contribution is -2.53. The second-order valence-corrected chi connectivity index (χ2v) is 6.20. The number of anilines is 1. The van der Waals surface area contributed by atoms with E-state index in [1.807, 2.05) is 30.3 Å². The number of benzene rings is 1. The van der Waals surface area contributed by atoms with Crippen LogP contribution in [0, 0.1) is 0 Å². The molecule has 0 unspecified atom stereocenters. The molecule has 2 fully saturated rings. The van der Waals surface area contributed by atoms with E-state index in [0.29, 0.717) is 26.2 Å². The molecule has 0 aliphatic carbocycles. The number of fused-ring (bicyclic) bond motifs is 1. The van der Waals surface area contributed by atoms with Gasteiger partial charge < -0.3 is 25.2 Å². The van der Waals surface area contributed by atoms with Gasteiger partial charge in [0.05, 0.1) is 37.9 Å². The SMILES string of the molecule is O=C(C[C@H]1CC[C@H]2NC[C@H](O)COC[C@@H]2O1)Nc1ccccc1. The molecule has 0 saturated carbocycles. The molecule has 0 bridgehead atoms. The Bertz CT molecular complexity index is 511. The van der Waals surface area contributed by atoms with Crippen molar-refractivity contribution in [2.45, 2.75) is 43.6 Å². The summed E-state index contributed by atoms with van der Waals surface area (Å²) in [6.07, 6.45) is 1.47. The maximum absolute atomic E-state index is 12.1. The highest BCUT2D eigenvalue weighted by Gasteiger charge is 2.33. The average molecular weight is 320 g/mol. The number of hydrogen-bond donors (Lipinski definition) is 3. The Labute approximate surface area is 136 Å². The zero-order valence-electron chi connectivity index (χ0n) is 13.1. The number of β-amino-alcohol motifs (C(OH)–C–C–N with tert-alkyl or cyclic N) is 1. The fraction of sp³-hybridized carbons (Fsp3) is 0.588.